The second-order valence-electron chi connectivity index (χ2n) is 12.2. The number of benzene rings is 4. The fourth-order valence-electron chi connectivity index (χ4n) is 8.26. The molecular weight excluding hydrogens is 592 g/mol. The summed E-state index contributed by atoms with van der Waals surface area (Å²) in [7, 11) is 3.44. The molecule has 5 heterocycles. The molecule has 2 bridgehead atoms. The Balaban J connectivity index is 1.41. The van der Waals surface area contributed by atoms with Crippen LogP contribution >= 0.6 is 11.6 Å². The van der Waals surface area contributed by atoms with E-state index in [0.29, 0.717) is 33.5 Å². The van der Waals surface area contributed by atoms with Crippen molar-refractivity contribution in [2.75, 3.05) is 14.2 Å². The van der Waals surface area contributed by atoms with Gasteiger partial charge in [-0.1, -0.05) is 48.0 Å². The van der Waals surface area contributed by atoms with Crippen LogP contribution in [0.25, 0.3) is 43.6 Å². The van der Waals surface area contributed by atoms with Gasteiger partial charge < -0.3 is 23.5 Å². The number of carbonyl (C=O) groups is 3. The van der Waals surface area contributed by atoms with E-state index in [-0.39, 0.29) is 5.91 Å². The Kier molecular flexibility index (Phi) is 5.30. The van der Waals surface area contributed by atoms with Crippen LogP contribution in [0.5, 0.6) is 0 Å². The van der Waals surface area contributed by atoms with Crippen LogP contribution in [-0.2, 0) is 15.2 Å². The second kappa shape index (κ2) is 8.94. The Morgan fingerprint density at radius 1 is 0.933 bits per heavy atom. The minimum absolute atomic E-state index is 0.162. The minimum atomic E-state index is -1.13. The van der Waals surface area contributed by atoms with Gasteiger partial charge in [0.15, 0.2) is 5.72 Å². The Morgan fingerprint density at radius 3 is 2.20 bits per heavy atom. The zero-order valence-electron chi connectivity index (χ0n) is 24.6. The molecule has 224 valence electrons. The summed E-state index contributed by atoms with van der Waals surface area (Å²) in [6.07, 6.45) is -0.720. The number of rotatable bonds is 3. The number of likely N-dealkylation sites (N-methyl/N-ethyl adjacent to an activating group) is 1. The topological polar surface area (TPSA) is 94.8 Å². The molecule has 2 aromatic heterocycles. The van der Waals surface area contributed by atoms with Crippen molar-refractivity contribution in [3.05, 3.63) is 94.5 Å². The molecule has 6 aromatic rings. The first-order valence-corrected chi connectivity index (χ1v) is 15.2. The number of imide groups is 1. The van der Waals surface area contributed by atoms with Crippen molar-refractivity contribution < 1.29 is 23.9 Å². The van der Waals surface area contributed by atoms with E-state index in [1.807, 2.05) is 55.5 Å². The summed E-state index contributed by atoms with van der Waals surface area (Å²) in [4.78, 5) is 42.8. The summed E-state index contributed by atoms with van der Waals surface area (Å²) in [6.45, 7) is 1.99. The molecule has 9 rings (SSSR count). The Labute approximate surface area is 261 Å². The second-order valence-corrected chi connectivity index (χ2v) is 12.7. The van der Waals surface area contributed by atoms with Gasteiger partial charge in [0.2, 0.25) is 0 Å². The van der Waals surface area contributed by atoms with Crippen LogP contribution in [0.15, 0.2) is 72.8 Å². The number of aromatic nitrogens is 2. The van der Waals surface area contributed by atoms with Crippen molar-refractivity contribution in [3.63, 3.8) is 0 Å². The Hall–Kier alpha value is -4.70. The summed E-state index contributed by atoms with van der Waals surface area (Å²) in [5, 5.41) is 6.24. The van der Waals surface area contributed by atoms with Gasteiger partial charge in [0.1, 0.15) is 12.3 Å². The summed E-state index contributed by atoms with van der Waals surface area (Å²) in [5.41, 5.74) is 3.48. The maximum absolute atomic E-state index is 13.9. The normalized spacial score (nSPS) is 23.7. The summed E-state index contributed by atoms with van der Waals surface area (Å²) in [5.74, 6) is -0.981. The van der Waals surface area contributed by atoms with Crippen molar-refractivity contribution >= 4 is 72.9 Å². The van der Waals surface area contributed by atoms with Gasteiger partial charge in [0, 0.05) is 52.7 Å². The van der Waals surface area contributed by atoms with Gasteiger partial charge >= 0.3 is 0 Å². The van der Waals surface area contributed by atoms with Crippen LogP contribution in [0, 0.1) is 0 Å². The van der Waals surface area contributed by atoms with E-state index in [4.69, 9.17) is 21.1 Å². The molecular formula is C35H27ClN4O5. The van der Waals surface area contributed by atoms with Gasteiger partial charge in [0.25, 0.3) is 17.7 Å². The number of methoxy groups -OCH3 is 1. The lowest BCUT2D eigenvalue weighted by atomic mass is 9.91. The van der Waals surface area contributed by atoms with Gasteiger partial charge in [-0.15, -0.1) is 0 Å². The first-order chi connectivity index (χ1) is 21.7. The number of hydrogen-bond donors (Lipinski definition) is 1. The van der Waals surface area contributed by atoms with Crippen LogP contribution in [0.4, 0.5) is 0 Å². The number of para-hydroxylation sites is 2. The van der Waals surface area contributed by atoms with Crippen LogP contribution in [0.1, 0.15) is 50.6 Å². The predicted octanol–water partition coefficient (Wildman–Crippen LogP) is 6.20. The largest absolute Gasteiger partial charge is 0.374 e. The molecule has 1 fully saturated rings. The number of carbonyl (C=O) groups excluding carboxylic acids is 3. The van der Waals surface area contributed by atoms with Crippen LogP contribution in [-0.4, -0.2) is 58.1 Å². The van der Waals surface area contributed by atoms with Crippen molar-refractivity contribution in [1.82, 2.24) is 19.4 Å². The van der Waals surface area contributed by atoms with Crippen LogP contribution < -0.4 is 5.32 Å². The van der Waals surface area contributed by atoms with E-state index in [9.17, 15) is 14.4 Å². The zero-order valence-corrected chi connectivity index (χ0v) is 25.4. The highest BCUT2D eigenvalue weighted by Gasteiger charge is 2.55. The standard InChI is InChI=1S/C35H27ClN4O5/c1-35-31(44-3)23(38(2)34(43)17-12-14-18(36)15-13-17)16-24(45-35)39-21-10-6-4-8-19(21)25-27-28(33(42)37-32(27)41)26-20-9-5-7-11-22(20)40(35)30(26)29(25)39/h4-15,23-24,31H,16H2,1-3H3,(H,37,41,42)/t23-,24-,31-,35+/m1/s1. The lowest BCUT2D eigenvalue weighted by Crippen LogP contribution is -2.61. The molecule has 45 heavy (non-hydrogen) atoms. The summed E-state index contributed by atoms with van der Waals surface area (Å²) in [6, 6.07) is 22.2. The number of ether oxygens (including phenoxy) is 2. The maximum Gasteiger partial charge on any atom is 0.259 e. The van der Waals surface area contributed by atoms with Crippen LogP contribution in [0.3, 0.4) is 0 Å². The van der Waals surface area contributed by atoms with Crippen molar-refractivity contribution in [3.8, 4) is 0 Å². The third-order valence-electron chi connectivity index (χ3n) is 10.0. The van der Waals surface area contributed by atoms with Gasteiger partial charge in [0.05, 0.1) is 39.2 Å². The molecule has 4 atom stereocenters. The molecule has 9 nitrogen and oxygen atoms in total. The lowest BCUT2D eigenvalue weighted by Gasteiger charge is -2.50. The van der Waals surface area contributed by atoms with Crippen molar-refractivity contribution in [1.29, 1.82) is 0 Å². The fourth-order valence-corrected chi connectivity index (χ4v) is 8.38. The zero-order chi connectivity index (χ0) is 30.9. The highest BCUT2D eigenvalue weighted by atomic mass is 35.5. The molecule has 10 heteroatoms. The number of hydrogen-bond acceptors (Lipinski definition) is 5. The number of nitrogens with zero attached hydrogens (tertiary/aromatic N) is 3. The van der Waals surface area contributed by atoms with E-state index in [2.05, 4.69) is 14.5 Å². The average Bonchev–Trinajstić information content (AvgIpc) is 3.65. The van der Waals surface area contributed by atoms with E-state index in [1.165, 1.54) is 0 Å². The van der Waals surface area contributed by atoms with Gasteiger partial charge in [-0.05, 0) is 43.3 Å². The molecule has 3 amide bonds. The Morgan fingerprint density at radius 2 is 1.53 bits per heavy atom. The monoisotopic (exact) mass is 618 g/mol. The first-order valence-electron chi connectivity index (χ1n) is 14.9. The van der Waals surface area contributed by atoms with Gasteiger partial charge in [-0.2, -0.15) is 0 Å². The molecule has 0 radical (unpaired) electrons. The summed E-state index contributed by atoms with van der Waals surface area (Å²) < 4.78 is 17.8. The molecule has 1 N–H and O–H groups in total. The maximum atomic E-state index is 13.9. The number of fused-ring (bicyclic) bond motifs is 13. The quantitative estimate of drug-likeness (QED) is 0.238. The van der Waals surface area contributed by atoms with E-state index >= 15 is 0 Å². The molecule has 3 aliphatic heterocycles. The van der Waals surface area contributed by atoms with Crippen molar-refractivity contribution in [2.24, 2.45) is 0 Å². The number of amides is 3. The molecule has 0 unspecified atom stereocenters. The molecule has 0 aliphatic carbocycles. The molecule has 4 aromatic carbocycles. The van der Waals surface area contributed by atoms with E-state index in [0.717, 1.165) is 38.2 Å². The number of nitrogens with one attached hydrogen (secondary N) is 1. The Bertz CT molecular complexity index is 2320. The molecule has 1 saturated heterocycles. The molecule has 3 aliphatic rings. The fraction of sp³-hybridized carbons (Fsp3) is 0.229. The molecule has 0 spiro atoms. The first kappa shape index (κ1) is 26.7. The van der Waals surface area contributed by atoms with Gasteiger partial charge in [-0.3, -0.25) is 19.7 Å². The molecule has 0 saturated carbocycles. The highest BCUT2D eigenvalue weighted by Crippen LogP contribution is 2.54. The van der Waals surface area contributed by atoms with Crippen molar-refractivity contribution in [2.45, 2.75) is 37.4 Å². The third kappa shape index (κ3) is 3.22. The third-order valence-corrected chi connectivity index (χ3v) is 10.3. The van der Waals surface area contributed by atoms with E-state index in [1.54, 1.807) is 43.3 Å². The number of halogens is 1. The van der Waals surface area contributed by atoms with Gasteiger partial charge in [-0.25, -0.2) is 0 Å². The van der Waals surface area contributed by atoms with Crippen LogP contribution in [0.2, 0.25) is 5.02 Å². The highest BCUT2D eigenvalue weighted by molar-refractivity contribution is 6.39. The minimum Gasteiger partial charge on any atom is -0.374 e. The van der Waals surface area contributed by atoms with E-state index < -0.39 is 35.9 Å². The predicted molar refractivity (Wildman–Crippen MR) is 171 cm³/mol. The summed E-state index contributed by atoms with van der Waals surface area (Å²) >= 11 is 6.13. The lowest BCUT2D eigenvalue weighted by molar-refractivity contribution is -0.264. The smallest absolute Gasteiger partial charge is 0.259 e. The SMILES string of the molecule is CO[C@@H]1[C@H](N(C)C(=O)c2ccc(Cl)cc2)C[C@H]2O[C@]1(C)n1c3ccccc3c3c4c(c5c6ccccc6n2c5c31)C(=O)NC4=O. The average molecular weight is 619 g/mol.